The summed E-state index contributed by atoms with van der Waals surface area (Å²) in [7, 11) is 0. The normalized spacial score (nSPS) is 12.6. The molecule has 0 bridgehead atoms. The van der Waals surface area contributed by atoms with Crippen LogP contribution in [0, 0.1) is 0 Å². The lowest BCUT2D eigenvalue weighted by molar-refractivity contribution is 0.208. The molecule has 0 aromatic heterocycles. The zero-order valence-corrected chi connectivity index (χ0v) is 8.51. The van der Waals surface area contributed by atoms with Crippen molar-refractivity contribution in [1.82, 2.24) is 0 Å². The van der Waals surface area contributed by atoms with Crippen molar-refractivity contribution in [3.8, 4) is 0 Å². The molecule has 0 spiro atoms. The highest BCUT2D eigenvalue weighted by molar-refractivity contribution is 9.10. The fraction of sp³-hybridized carbons (Fsp3) is 0.333. The SMILES string of the molecule is C[C@@H](O)CNc1ccc(Br)cc1. The van der Waals surface area contributed by atoms with E-state index in [1.54, 1.807) is 6.92 Å². The van der Waals surface area contributed by atoms with Crippen molar-refractivity contribution in [1.29, 1.82) is 0 Å². The van der Waals surface area contributed by atoms with Crippen molar-refractivity contribution < 1.29 is 5.11 Å². The van der Waals surface area contributed by atoms with Crippen LogP contribution in [-0.4, -0.2) is 17.8 Å². The van der Waals surface area contributed by atoms with Gasteiger partial charge >= 0.3 is 0 Å². The summed E-state index contributed by atoms with van der Waals surface area (Å²) in [6.07, 6.45) is -0.311. The van der Waals surface area contributed by atoms with Gasteiger partial charge < -0.3 is 10.4 Å². The first-order valence-electron chi connectivity index (χ1n) is 3.86. The Morgan fingerprint density at radius 3 is 2.50 bits per heavy atom. The summed E-state index contributed by atoms with van der Waals surface area (Å²) in [4.78, 5) is 0. The summed E-state index contributed by atoms with van der Waals surface area (Å²) < 4.78 is 1.06. The van der Waals surface area contributed by atoms with Gasteiger partial charge in [-0.1, -0.05) is 15.9 Å². The van der Waals surface area contributed by atoms with Gasteiger partial charge in [-0.25, -0.2) is 0 Å². The Balaban J connectivity index is 2.48. The Morgan fingerprint density at radius 1 is 1.42 bits per heavy atom. The Morgan fingerprint density at radius 2 is 2.00 bits per heavy atom. The first-order valence-corrected chi connectivity index (χ1v) is 4.65. The van der Waals surface area contributed by atoms with Crippen LogP contribution < -0.4 is 5.32 Å². The molecular weight excluding hydrogens is 218 g/mol. The minimum atomic E-state index is -0.311. The van der Waals surface area contributed by atoms with Crippen LogP contribution in [0.3, 0.4) is 0 Å². The van der Waals surface area contributed by atoms with E-state index in [1.165, 1.54) is 0 Å². The molecule has 0 aliphatic rings. The second-order valence-corrected chi connectivity index (χ2v) is 3.65. The molecular formula is C9H12BrNO. The van der Waals surface area contributed by atoms with E-state index in [0.717, 1.165) is 10.2 Å². The number of benzene rings is 1. The molecule has 0 radical (unpaired) electrons. The lowest BCUT2D eigenvalue weighted by atomic mass is 10.3. The fourth-order valence-electron chi connectivity index (χ4n) is 0.833. The largest absolute Gasteiger partial charge is 0.392 e. The molecule has 1 aromatic carbocycles. The number of aliphatic hydroxyl groups excluding tert-OH is 1. The predicted molar refractivity (Wildman–Crippen MR) is 54.3 cm³/mol. The van der Waals surface area contributed by atoms with E-state index in [9.17, 15) is 0 Å². The third-order valence-corrected chi connectivity index (χ3v) is 1.97. The molecule has 12 heavy (non-hydrogen) atoms. The molecule has 0 saturated heterocycles. The zero-order valence-electron chi connectivity index (χ0n) is 6.92. The van der Waals surface area contributed by atoms with Gasteiger partial charge in [0.25, 0.3) is 0 Å². The summed E-state index contributed by atoms with van der Waals surface area (Å²) >= 11 is 3.35. The van der Waals surface area contributed by atoms with Crippen molar-refractivity contribution in [2.24, 2.45) is 0 Å². The first-order chi connectivity index (χ1) is 5.68. The number of aliphatic hydroxyl groups is 1. The number of nitrogens with one attached hydrogen (secondary N) is 1. The van der Waals surface area contributed by atoms with Crippen molar-refractivity contribution in [3.63, 3.8) is 0 Å². The van der Waals surface area contributed by atoms with Crippen LogP contribution in [-0.2, 0) is 0 Å². The molecule has 1 atom stereocenters. The van der Waals surface area contributed by atoms with Crippen LogP contribution in [0.4, 0.5) is 5.69 Å². The Labute approximate surface area is 80.7 Å². The van der Waals surface area contributed by atoms with Crippen molar-refractivity contribution in [2.75, 3.05) is 11.9 Å². The fourth-order valence-corrected chi connectivity index (χ4v) is 1.10. The minimum Gasteiger partial charge on any atom is -0.392 e. The van der Waals surface area contributed by atoms with Gasteiger partial charge in [0, 0.05) is 16.7 Å². The molecule has 2 nitrogen and oxygen atoms in total. The lowest BCUT2D eigenvalue weighted by Gasteiger charge is -2.07. The number of halogens is 1. The molecule has 0 aliphatic carbocycles. The first kappa shape index (κ1) is 9.55. The van der Waals surface area contributed by atoms with E-state index in [2.05, 4.69) is 21.2 Å². The van der Waals surface area contributed by atoms with Crippen molar-refractivity contribution >= 4 is 21.6 Å². The average Bonchev–Trinajstić information content (AvgIpc) is 2.03. The van der Waals surface area contributed by atoms with E-state index in [-0.39, 0.29) is 6.10 Å². The van der Waals surface area contributed by atoms with Crippen LogP contribution in [0.15, 0.2) is 28.7 Å². The van der Waals surface area contributed by atoms with Crippen LogP contribution in [0.25, 0.3) is 0 Å². The summed E-state index contributed by atoms with van der Waals surface area (Å²) in [6, 6.07) is 7.85. The molecule has 3 heteroatoms. The number of hydrogen-bond donors (Lipinski definition) is 2. The third kappa shape index (κ3) is 3.24. The monoisotopic (exact) mass is 229 g/mol. The smallest absolute Gasteiger partial charge is 0.0684 e. The molecule has 0 saturated carbocycles. The Bertz CT molecular complexity index is 233. The molecule has 66 valence electrons. The van der Waals surface area contributed by atoms with Gasteiger partial charge in [-0.2, -0.15) is 0 Å². The van der Waals surface area contributed by atoms with Crippen LogP contribution in [0.2, 0.25) is 0 Å². The maximum absolute atomic E-state index is 9.00. The molecule has 0 aliphatic heterocycles. The van der Waals surface area contributed by atoms with E-state index >= 15 is 0 Å². The minimum absolute atomic E-state index is 0.311. The second kappa shape index (κ2) is 4.48. The van der Waals surface area contributed by atoms with Gasteiger partial charge in [0.1, 0.15) is 0 Å². The molecule has 1 aromatic rings. The highest BCUT2D eigenvalue weighted by atomic mass is 79.9. The van der Waals surface area contributed by atoms with Gasteiger partial charge in [-0.15, -0.1) is 0 Å². The topological polar surface area (TPSA) is 32.3 Å². The molecule has 2 N–H and O–H groups in total. The molecule has 0 amide bonds. The highest BCUT2D eigenvalue weighted by Gasteiger charge is 1.94. The quantitative estimate of drug-likeness (QED) is 0.834. The van der Waals surface area contributed by atoms with E-state index < -0.39 is 0 Å². The lowest BCUT2D eigenvalue weighted by Crippen LogP contribution is -2.15. The van der Waals surface area contributed by atoms with Crippen LogP contribution in [0.1, 0.15) is 6.92 Å². The highest BCUT2D eigenvalue weighted by Crippen LogP contribution is 2.13. The summed E-state index contributed by atoms with van der Waals surface area (Å²) in [5.41, 5.74) is 1.03. The molecule has 0 unspecified atom stereocenters. The summed E-state index contributed by atoms with van der Waals surface area (Å²) in [6.45, 7) is 2.34. The van der Waals surface area contributed by atoms with Gasteiger partial charge in [-0.3, -0.25) is 0 Å². The van der Waals surface area contributed by atoms with Gasteiger partial charge in [0.15, 0.2) is 0 Å². The molecule has 1 rings (SSSR count). The summed E-state index contributed by atoms with van der Waals surface area (Å²) in [5.74, 6) is 0. The van der Waals surface area contributed by atoms with Crippen LogP contribution in [0.5, 0.6) is 0 Å². The van der Waals surface area contributed by atoms with E-state index in [4.69, 9.17) is 5.11 Å². The number of rotatable bonds is 3. The molecule has 0 heterocycles. The van der Waals surface area contributed by atoms with Crippen molar-refractivity contribution in [2.45, 2.75) is 13.0 Å². The molecule has 0 fully saturated rings. The second-order valence-electron chi connectivity index (χ2n) is 2.74. The van der Waals surface area contributed by atoms with Crippen LogP contribution >= 0.6 is 15.9 Å². The van der Waals surface area contributed by atoms with E-state index in [0.29, 0.717) is 6.54 Å². The zero-order chi connectivity index (χ0) is 8.97. The van der Waals surface area contributed by atoms with Gasteiger partial charge in [-0.05, 0) is 31.2 Å². The number of hydrogen-bond acceptors (Lipinski definition) is 2. The van der Waals surface area contributed by atoms with E-state index in [1.807, 2.05) is 24.3 Å². The van der Waals surface area contributed by atoms with Crippen molar-refractivity contribution in [3.05, 3.63) is 28.7 Å². The van der Waals surface area contributed by atoms with Gasteiger partial charge in [0.2, 0.25) is 0 Å². The Kier molecular flexibility index (Phi) is 3.56. The summed E-state index contributed by atoms with van der Waals surface area (Å²) in [5, 5.41) is 12.1. The number of anilines is 1. The standard InChI is InChI=1S/C9H12BrNO/c1-7(12)6-11-9-4-2-8(10)3-5-9/h2-5,7,11-12H,6H2,1H3/t7-/m1/s1. The average molecular weight is 230 g/mol. The maximum Gasteiger partial charge on any atom is 0.0684 e. The maximum atomic E-state index is 9.00. The van der Waals surface area contributed by atoms with Gasteiger partial charge in [0.05, 0.1) is 6.10 Å². The third-order valence-electron chi connectivity index (χ3n) is 1.45. The Hall–Kier alpha value is -0.540. The predicted octanol–water partition coefficient (Wildman–Crippen LogP) is 2.24.